The molecule has 15 nitrogen and oxygen atoms in total. The van der Waals surface area contributed by atoms with Crippen LogP contribution in [-0.2, 0) is 57.0 Å². The molecule has 0 saturated heterocycles. The Hall–Kier alpha value is -4.99. The number of benzene rings is 2. The predicted octanol–water partition coefficient (Wildman–Crippen LogP) is 6.03. The van der Waals surface area contributed by atoms with Crippen molar-refractivity contribution in [3.63, 3.8) is 0 Å². The number of nitrogens with one attached hydrogen (secondary N) is 3. The van der Waals surface area contributed by atoms with Gasteiger partial charge in [0.1, 0.15) is 29.5 Å². The molecule has 0 radical (unpaired) electrons. The summed E-state index contributed by atoms with van der Waals surface area (Å²) in [6.07, 6.45) is 6.04. The third-order valence-corrected chi connectivity index (χ3v) is 9.93. The normalized spacial score (nSPS) is 13.2. The third-order valence-electron chi connectivity index (χ3n) is 9.12. The number of carbonyl (C=O) groups excluding carboxylic acids is 6. The number of esters is 1. The fourth-order valence-corrected chi connectivity index (χ4v) is 6.44. The van der Waals surface area contributed by atoms with Crippen LogP contribution in [0.5, 0.6) is 5.75 Å². The fourth-order valence-electron chi connectivity index (χ4n) is 5.87. The molecule has 0 spiro atoms. The van der Waals surface area contributed by atoms with Crippen molar-refractivity contribution in [2.45, 2.75) is 129 Å². The van der Waals surface area contributed by atoms with Crippen LogP contribution in [0.1, 0.15) is 104 Å². The number of unbranched alkanes of at least 4 members (excludes halogenated alkanes) is 5. The smallest absolute Gasteiger partial charge is 0.466 e. The highest BCUT2D eigenvalue weighted by molar-refractivity contribution is 7.84. The maximum atomic E-state index is 14.1. The van der Waals surface area contributed by atoms with E-state index in [-0.39, 0.29) is 56.3 Å². The summed E-state index contributed by atoms with van der Waals surface area (Å²) in [5.74, 6) is -1.96. The number of alkyl carbamates (subject to hydrolysis) is 1. The highest BCUT2D eigenvalue weighted by Crippen LogP contribution is 2.16. The molecule has 2 rings (SSSR count). The SMILES string of the molecule is CCCCCCCCOC(=O)CCN(C)C(=O)[C@H](Cc1ccccc1)NC(=O)[C@@H](CCS(C)=O)NC(=O)[C@H](Cc1ccc(OC(=O)OCC(C)C)cc1)NC(=O)OC(C)(C)C. The molecule has 2 aromatic carbocycles. The van der Waals surface area contributed by atoms with E-state index in [1.807, 2.05) is 44.2 Å². The van der Waals surface area contributed by atoms with Crippen molar-refractivity contribution >= 4 is 46.7 Å². The molecule has 0 aliphatic rings. The second-order valence-corrected chi connectivity index (χ2v) is 18.0. The minimum Gasteiger partial charge on any atom is -0.466 e. The van der Waals surface area contributed by atoms with Gasteiger partial charge in [-0.25, -0.2) is 9.59 Å². The van der Waals surface area contributed by atoms with Gasteiger partial charge in [-0.2, -0.15) is 0 Å². The first-order valence-electron chi connectivity index (χ1n) is 21.1. The summed E-state index contributed by atoms with van der Waals surface area (Å²) in [6.45, 7) is 11.5. The summed E-state index contributed by atoms with van der Waals surface area (Å²) in [6, 6.07) is 11.7. The maximum absolute atomic E-state index is 14.1. The van der Waals surface area contributed by atoms with E-state index in [1.54, 1.807) is 32.9 Å². The number of amides is 4. The van der Waals surface area contributed by atoms with Crippen LogP contribution in [-0.4, -0.2) is 108 Å². The van der Waals surface area contributed by atoms with E-state index in [2.05, 4.69) is 22.9 Å². The molecule has 1 unspecified atom stereocenters. The van der Waals surface area contributed by atoms with Crippen LogP contribution in [0.25, 0.3) is 0 Å². The zero-order chi connectivity index (χ0) is 45.4. The minimum absolute atomic E-state index is 0.0301. The lowest BCUT2D eigenvalue weighted by molar-refractivity contribution is -0.145. The van der Waals surface area contributed by atoms with E-state index in [0.29, 0.717) is 12.2 Å². The van der Waals surface area contributed by atoms with Crippen LogP contribution in [0.2, 0.25) is 0 Å². The van der Waals surface area contributed by atoms with Gasteiger partial charge in [0.2, 0.25) is 17.7 Å². The first-order valence-corrected chi connectivity index (χ1v) is 22.9. The molecule has 0 saturated carbocycles. The zero-order valence-corrected chi connectivity index (χ0v) is 38.1. The number of nitrogens with zero attached hydrogens (tertiary/aromatic N) is 1. The number of ether oxygens (including phenoxy) is 4. The van der Waals surface area contributed by atoms with E-state index in [0.717, 1.165) is 37.7 Å². The molecule has 0 fully saturated rings. The van der Waals surface area contributed by atoms with Crippen molar-refractivity contribution < 1.29 is 51.9 Å². The topological polar surface area (TPSA) is 196 Å². The highest BCUT2D eigenvalue weighted by atomic mass is 32.2. The average molecular weight is 873 g/mol. The average Bonchev–Trinajstić information content (AvgIpc) is 3.19. The van der Waals surface area contributed by atoms with Crippen LogP contribution in [0, 0.1) is 5.92 Å². The van der Waals surface area contributed by atoms with E-state index < -0.39 is 70.5 Å². The Morgan fingerprint density at radius 3 is 1.97 bits per heavy atom. The van der Waals surface area contributed by atoms with Gasteiger partial charge in [-0.1, -0.05) is 95.3 Å². The minimum atomic E-state index is -1.35. The van der Waals surface area contributed by atoms with Crippen LogP contribution < -0.4 is 20.7 Å². The molecule has 0 aliphatic heterocycles. The Balaban J connectivity index is 2.26. The lowest BCUT2D eigenvalue weighted by Gasteiger charge is -2.28. The largest absolute Gasteiger partial charge is 0.513 e. The number of likely N-dealkylation sites (N-methyl/N-ethyl adjacent to an activating group) is 1. The Bertz CT molecular complexity index is 1700. The third kappa shape index (κ3) is 23.0. The molecule has 4 amide bonds. The zero-order valence-electron chi connectivity index (χ0n) is 37.3. The van der Waals surface area contributed by atoms with E-state index in [4.69, 9.17) is 18.9 Å². The molecule has 340 valence electrons. The fraction of sp³-hybridized carbons (Fsp3) is 0.600. The molecule has 0 aromatic heterocycles. The molecular formula is C45H68N4O11S. The van der Waals surface area contributed by atoms with E-state index >= 15 is 0 Å². The van der Waals surface area contributed by atoms with Crippen molar-refractivity contribution in [2.75, 3.05) is 38.8 Å². The van der Waals surface area contributed by atoms with Gasteiger partial charge in [0.25, 0.3) is 0 Å². The van der Waals surface area contributed by atoms with Crippen LogP contribution >= 0.6 is 0 Å². The van der Waals surface area contributed by atoms with Crippen molar-refractivity contribution in [1.29, 1.82) is 0 Å². The molecule has 0 aliphatic carbocycles. The van der Waals surface area contributed by atoms with Gasteiger partial charge in [-0.3, -0.25) is 23.4 Å². The maximum Gasteiger partial charge on any atom is 0.513 e. The standard InChI is InChI=1S/C45H68N4O11S/c1-9-10-11-12-13-17-27-57-39(50)24-26-49(7)42(53)38(30-33-18-15-14-16-19-33)47-40(51)36(25-28-61(8)56)46-41(52)37(48-43(54)60-45(4,5)6)29-34-20-22-35(23-21-34)59-44(55)58-31-32(2)3/h14-16,18-23,32,36-38H,9-13,17,24-31H2,1-8H3,(H,46,52)(H,47,51)(H,48,54)/t36-,37+,38+,61?/m1/s1. The summed E-state index contributed by atoms with van der Waals surface area (Å²) >= 11 is 0. The van der Waals surface area contributed by atoms with Gasteiger partial charge < -0.3 is 39.8 Å². The number of rotatable bonds is 26. The lowest BCUT2D eigenvalue weighted by Crippen LogP contribution is -2.58. The number of carbonyl (C=O) groups is 6. The second-order valence-electron chi connectivity index (χ2n) is 16.5. The van der Waals surface area contributed by atoms with Gasteiger partial charge in [0, 0.05) is 49.2 Å². The van der Waals surface area contributed by atoms with Crippen LogP contribution in [0.3, 0.4) is 0 Å². The highest BCUT2D eigenvalue weighted by Gasteiger charge is 2.32. The molecule has 4 atom stereocenters. The van der Waals surface area contributed by atoms with Crippen molar-refractivity contribution in [3.05, 3.63) is 65.7 Å². The Morgan fingerprint density at radius 1 is 0.754 bits per heavy atom. The Labute approximate surface area is 364 Å². The van der Waals surface area contributed by atoms with E-state index in [9.17, 15) is 33.0 Å². The van der Waals surface area contributed by atoms with Gasteiger partial charge in [-0.05, 0) is 62.8 Å². The van der Waals surface area contributed by atoms with Crippen molar-refractivity contribution in [3.8, 4) is 5.75 Å². The molecule has 3 N–H and O–H groups in total. The van der Waals surface area contributed by atoms with Gasteiger partial charge in [0.05, 0.1) is 19.6 Å². The summed E-state index contributed by atoms with van der Waals surface area (Å²) < 4.78 is 33.4. The van der Waals surface area contributed by atoms with Crippen molar-refractivity contribution in [1.82, 2.24) is 20.9 Å². The first kappa shape index (κ1) is 52.1. The molecule has 2 aromatic rings. The summed E-state index contributed by atoms with van der Waals surface area (Å²) in [7, 11) is 0.190. The van der Waals surface area contributed by atoms with Crippen molar-refractivity contribution in [2.24, 2.45) is 5.92 Å². The van der Waals surface area contributed by atoms with Gasteiger partial charge in [-0.15, -0.1) is 0 Å². The Kier molecular flexibility index (Phi) is 23.7. The second kappa shape index (κ2) is 27.8. The summed E-state index contributed by atoms with van der Waals surface area (Å²) in [5.41, 5.74) is 0.440. The lowest BCUT2D eigenvalue weighted by atomic mass is 10.0. The molecule has 16 heteroatoms. The van der Waals surface area contributed by atoms with Gasteiger partial charge >= 0.3 is 18.2 Å². The molecule has 0 heterocycles. The van der Waals surface area contributed by atoms with Gasteiger partial charge in [0.15, 0.2) is 0 Å². The summed E-state index contributed by atoms with van der Waals surface area (Å²) in [5, 5.41) is 8.10. The Morgan fingerprint density at radius 2 is 1.34 bits per heavy atom. The number of hydrogen-bond donors (Lipinski definition) is 3. The summed E-state index contributed by atoms with van der Waals surface area (Å²) in [4.78, 5) is 80.9. The first-order chi connectivity index (χ1) is 28.9. The predicted molar refractivity (Wildman–Crippen MR) is 234 cm³/mol. The molecular weight excluding hydrogens is 805 g/mol. The van der Waals surface area contributed by atoms with E-state index in [1.165, 1.54) is 36.8 Å². The van der Waals surface area contributed by atoms with Crippen LogP contribution in [0.4, 0.5) is 9.59 Å². The monoisotopic (exact) mass is 872 g/mol. The number of hydrogen-bond acceptors (Lipinski definition) is 11. The molecule has 61 heavy (non-hydrogen) atoms. The quantitative estimate of drug-likeness (QED) is 0.0433. The molecule has 0 bridgehead atoms. The van der Waals surface area contributed by atoms with Crippen LogP contribution in [0.15, 0.2) is 54.6 Å².